The van der Waals surface area contributed by atoms with E-state index in [1.807, 2.05) is 7.05 Å². The van der Waals surface area contributed by atoms with Gasteiger partial charge in [0.05, 0.1) is 31.7 Å². The molecule has 0 aliphatic carbocycles. The summed E-state index contributed by atoms with van der Waals surface area (Å²) in [6.07, 6.45) is 1.03. The normalized spacial score (nSPS) is 11.1. The van der Waals surface area contributed by atoms with Crippen LogP contribution >= 0.6 is 0 Å². The molecular weight excluding hydrogens is 342 g/mol. The fourth-order valence-electron chi connectivity index (χ4n) is 3.09. The van der Waals surface area contributed by atoms with Gasteiger partial charge in [-0.1, -0.05) is 31.2 Å². The summed E-state index contributed by atoms with van der Waals surface area (Å²) in [5, 5.41) is 0.481. The van der Waals surface area contributed by atoms with Crippen LogP contribution < -0.4 is 15.0 Å². The van der Waals surface area contributed by atoms with Crippen molar-refractivity contribution in [2.75, 3.05) is 21.3 Å². The van der Waals surface area contributed by atoms with E-state index in [2.05, 4.69) is 46.1 Å². The number of H-pyrrole nitrogens is 1. The Morgan fingerprint density at radius 2 is 1.63 bits per heavy atom. The number of nitrogens with one attached hydrogen (secondary N) is 1. The zero-order valence-corrected chi connectivity index (χ0v) is 16.2. The summed E-state index contributed by atoms with van der Waals surface area (Å²) < 4.78 is 10.6. The van der Waals surface area contributed by atoms with E-state index in [1.165, 1.54) is 11.1 Å². The Kier molecular flexibility index (Phi) is 5.76. The van der Waals surface area contributed by atoms with Crippen LogP contribution in [0, 0.1) is 0 Å². The number of ether oxygens (including phenoxy) is 2. The summed E-state index contributed by atoms with van der Waals surface area (Å²) in [5.41, 5.74) is 2.96. The lowest BCUT2D eigenvalue weighted by atomic mass is 10.1. The minimum Gasteiger partial charge on any atom is -0.493 e. The third kappa shape index (κ3) is 4.28. The van der Waals surface area contributed by atoms with E-state index in [1.54, 1.807) is 26.4 Å². The molecule has 6 nitrogen and oxygen atoms in total. The summed E-state index contributed by atoms with van der Waals surface area (Å²) in [7, 11) is 5.11. The highest BCUT2D eigenvalue weighted by molar-refractivity contribution is 5.81. The summed E-state index contributed by atoms with van der Waals surface area (Å²) in [6, 6.07) is 12.0. The molecule has 0 unspecified atom stereocenters. The first-order valence-corrected chi connectivity index (χ1v) is 8.95. The van der Waals surface area contributed by atoms with Crippen LogP contribution in [0.1, 0.15) is 23.9 Å². The van der Waals surface area contributed by atoms with Gasteiger partial charge in [0.25, 0.3) is 5.56 Å². The first-order chi connectivity index (χ1) is 13.0. The van der Waals surface area contributed by atoms with Crippen LogP contribution in [0.5, 0.6) is 11.5 Å². The molecule has 27 heavy (non-hydrogen) atoms. The Morgan fingerprint density at radius 1 is 1.00 bits per heavy atom. The van der Waals surface area contributed by atoms with Gasteiger partial charge in [-0.3, -0.25) is 9.69 Å². The number of rotatable bonds is 7. The van der Waals surface area contributed by atoms with Crippen LogP contribution in [0.15, 0.2) is 41.2 Å². The van der Waals surface area contributed by atoms with E-state index in [9.17, 15) is 4.79 Å². The van der Waals surface area contributed by atoms with Crippen molar-refractivity contribution in [1.82, 2.24) is 14.9 Å². The van der Waals surface area contributed by atoms with Crippen LogP contribution in [0.3, 0.4) is 0 Å². The fraction of sp³-hybridized carbons (Fsp3) is 0.333. The quantitative estimate of drug-likeness (QED) is 0.695. The fourth-order valence-corrected chi connectivity index (χ4v) is 3.09. The molecule has 2 aromatic carbocycles. The highest BCUT2D eigenvalue weighted by atomic mass is 16.5. The molecule has 1 aromatic heterocycles. The molecule has 0 aliphatic heterocycles. The Labute approximate surface area is 158 Å². The molecule has 1 N–H and O–H groups in total. The van der Waals surface area contributed by atoms with Crippen LogP contribution in [0.2, 0.25) is 0 Å². The van der Waals surface area contributed by atoms with E-state index in [4.69, 9.17) is 9.47 Å². The van der Waals surface area contributed by atoms with Crippen molar-refractivity contribution in [1.29, 1.82) is 0 Å². The van der Waals surface area contributed by atoms with Crippen molar-refractivity contribution in [3.05, 3.63) is 63.7 Å². The molecular formula is C21H25N3O3. The standard InChI is InChI=1S/C21H25N3O3/c1-5-14-6-8-15(9-7-14)12-24(2)13-20-22-17-11-19(27-4)18(26-3)10-16(17)21(25)23-20/h6-11H,5,12-13H2,1-4H3,(H,22,23,25). The van der Waals surface area contributed by atoms with Gasteiger partial charge in [0, 0.05) is 12.6 Å². The molecule has 0 fully saturated rings. The first-order valence-electron chi connectivity index (χ1n) is 8.95. The van der Waals surface area contributed by atoms with Crippen LogP contribution in [-0.2, 0) is 19.5 Å². The summed E-state index contributed by atoms with van der Waals surface area (Å²) in [6.45, 7) is 3.46. The van der Waals surface area contributed by atoms with E-state index in [0.29, 0.717) is 34.8 Å². The lowest BCUT2D eigenvalue weighted by molar-refractivity contribution is 0.310. The van der Waals surface area contributed by atoms with E-state index in [0.717, 1.165) is 13.0 Å². The largest absolute Gasteiger partial charge is 0.493 e. The smallest absolute Gasteiger partial charge is 0.258 e. The van der Waals surface area contributed by atoms with Crippen LogP contribution in [0.4, 0.5) is 0 Å². The van der Waals surface area contributed by atoms with Gasteiger partial charge >= 0.3 is 0 Å². The van der Waals surface area contributed by atoms with Crippen molar-refractivity contribution in [3.63, 3.8) is 0 Å². The number of aromatic amines is 1. The van der Waals surface area contributed by atoms with Gasteiger partial charge in [0.15, 0.2) is 11.5 Å². The number of aromatic nitrogens is 2. The second kappa shape index (κ2) is 8.22. The van der Waals surface area contributed by atoms with E-state index in [-0.39, 0.29) is 5.56 Å². The molecule has 0 bridgehead atoms. The third-order valence-electron chi connectivity index (χ3n) is 4.56. The summed E-state index contributed by atoms with van der Waals surface area (Å²) >= 11 is 0. The average molecular weight is 367 g/mol. The van der Waals surface area contributed by atoms with Gasteiger partial charge in [-0.05, 0) is 30.7 Å². The molecule has 0 aliphatic rings. The molecule has 0 saturated heterocycles. The lowest BCUT2D eigenvalue weighted by Gasteiger charge is -2.17. The Hall–Kier alpha value is -2.86. The molecule has 1 heterocycles. The van der Waals surface area contributed by atoms with Gasteiger partial charge in [-0.15, -0.1) is 0 Å². The van der Waals surface area contributed by atoms with Crippen molar-refractivity contribution >= 4 is 10.9 Å². The van der Waals surface area contributed by atoms with Gasteiger partial charge < -0.3 is 14.5 Å². The number of hydrogen-bond acceptors (Lipinski definition) is 5. The molecule has 3 rings (SSSR count). The number of aryl methyl sites for hydroxylation is 1. The van der Waals surface area contributed by atoms with Crippen LogP contribution in [0.25, 0.3) is 10.9 Å². The Morgan fingerprint density at radius 3 is 2.26 bits per heavy atom. The molecule has 0 amide bonds. The van der Waals surface area contributed by atoms with E-state index < -0.39 is 0 Å². The molecule has 0 saturated carbocycles. The van der Waals surface area contributed by atoms with Crippen molar-refractivity contribution in [2.45, 2.75) is 26.4 Å². The van der Waals surface area contributed by atoms with Gasteiger partial charge in [-0.2, -0.15) is 0 Å². The second-order valence-corrected chi connectivity index (χ2v) is 6.58. The number of fused-ring (bicyclic) bond motifs is 1. The second-order valence-electron chi connectivity index (χ2n) is 6.58. The highest BCUT2D eigenvalue weighted by Gasteiger charge is 2.12. The van der Waals surface area contributed by atoms with E-state index >= 15 is 0 Å². The highest BCUT2D eigenvalue weighted by Crippen LogP contribution is 2.29. The minimum atomic E-state index is -0.184. The predicted molar refractivity (Wildman–Crippen MR) is 106 cm³/mol. The van der Waals surface area contributed by atoms with Crippen molar-refractivity contribution in [2.24, 2.45) is 0 Å². The van der Waals surface area contributed by atoms with Gasteiger partial charge in [-0.25, -0.2) is 4.98 Å². The molecule has 0 atom stereocenters. The molecule has 0 radical (unpaired) electrons. The third-order valence-corrected chi connectivity index (χ3v) is 4.56. The Bertz CT molecular complexity index is 980. The minimum absolute atomic E-state index is 0.184. The summed E-state index contributed by atoms with van der Waals surface area (Å²) in [4.78, 5) is 22.0. The molecule has 3 aromatic rings. The maximum Gasteiger partial charge on any atom is 0.258 e. The Balaban J connectivity index is 1.82. The maximum atomic E-state index is 12.5. The number of nitrogens with zero attached hydrogens (tertiary/aromatic N) is 2. The lowest BCUT2D eigenvalue weighted by Crippen LogP contribution is -2.22. The van der Waals surface area contributed by atoms with Crippen LogP contribution in [-0.4, -0.2) is 36.1 Å². The predicted octanol–water partition coefficient (Wildman–Crippen LogP) is 3.13. The van der Waals surface area contributed by atoms with Gasteiger partial charge in [0.1, 0.15) is 5.82 Å². The maximum absolute atomic E-state index is 12.5. The zero-order valence-electron chi connectivity index (χ0n) is 16.2. The van der Waals surface area contributed by atoms with Crippen molar-refractivity contribution < 1.29 is 9.47 Å². The molecule has 142 valence electrons. The average Bonchev–Trinajstić information content (AvgIpc) is 2.67. The zero-order chi connectivity index (χ0) is 19.4. The summed E-state index contributed by atoms with van der Waals surface area (Å²) in [5.74, 6) is 1.68. The number of methoxy groups -OCH3 is 2. The number of hydrogen-bond donors (Lipinski definition) is 1. The molecule has 0 spiro atoms. The van der Waals surface area contributed by atoms with Gasteiger partial charge in [0.2, 0.25) is 0 Å². The molecule has 6 heteroatoms. The SMILES string of the molecule is CCc1ccc(CN(C)Cc2nc3cc(OC)c(OC)cc3c(=O)[nH]2)cc1. The topological polar surface area (TPSA) is 67.5 Å². The first kappa shape index (κ1) is 18.9. The van der Waals surface area contributed by atoms with Crippen molar-refractivity contribution in [3.8, 4) is 11.5 Å². The monoisotopic (exact) mass is 367 g/mol. The number of benzene rings is 2.